The van der Waals surface area contributed by atoms with Gasteiger partial charge in [-0.05, 0) is 12.8 Å². The standard InChI is InChI=1S/C18H36O4S/c1-3-5-7-8-9-10-11-12-13-15-17-18(16-14-6-4-2)22-23(19,20)21/h14,16,18H,3-13,15,17H2,1-2H3,(H,19,20,21)/b16-14+. The largest absolute Gasteiger partial charge is 0.397 e. The van der Waals surface area contributed by atoms with Crippen molar-refractivity contribution in [3.63, 3.8) is 0 Å². The van der Waals surface area contributed by atoms with Gasteiger partial charge in [0, 0.05) is 0 Å². The van der Waals surface area contributed by atoms with Crippen molar-refractivity contribution in [1.29, 1.82) is 0 Å². The Morgan fingerprint density at radius 1 is 0.870 bits per heavy atom. The van der Waals surface area contributed by atoms with Gasteiger partial charge in [0.05, 0.1) is 6.10 Å². The van der Waals surface area contributed by atoms with Gasteiger partial charge in [0.2, 0.25) is 0 Å². The lowest BCUT2D eigenvalue weighted by molar-refractivity contribution is 0.207. The van der Waals surface area contributed by atoms with Crippen LogP contribution < -0.4 is 0 Å². The topological polar surface area (TPSA) is 63.6 Å². The van der Waals surface area contributed by atoms with Crippen molar-refractivity contribution < 1.29 is 17.2 Å². The van der Waals surface area contributed by atoms with Crippen molar-refractivity contribution in [1.82, 2.24) is 0 Å². The van der Waals surface area contributed by atoms with E-state index in [2.05, 4.69) is 13.8 Å². The summed E-state index contributed by atoms with van der Waals surface area (Å²) in [4.78, 5) is 0. The smallest absolute Gasteiger partial charge is 0.264 e. The monoisotopic (exact) mass is 348 g/mol. The van der Waals surface area contributed by atoms with Gasteiger partial charge in [-0.3, -0.25) is 4.55 Å². The Morgan fingerprint density at radius 3 is 1.87 bits per heavy atom. The van der Waals surface area contributed by atoms with Crippen LogP contribution in [0.3, 0.4) is 0 Å². The molecule has 0 aromatic heterocycles. The van der Waals surface area contributed by atoms with Gasteiger partial charge >= 0.3 is 10.4 Å². The van der Waals surface area contributed by atoms with Gasteiger partial charge in [-0.15, -0.1) is 0 Å². The molecular weight excluding hydrogens is 312 g/mol. The fourth-order valence-corrected chi connectivity index (χ4v) is 3.05. The van der Waals surface area contributed by atoms with Crippen molar-refractivity contribution in [2.75, 3.05) is 0 Å². The van der Waals surface area contributed by atoms with E-state index in [1.807, 2.05) is 6.08 Å². The molecule has 138 valence electrons. The minimum Gasteiger partial charge on any atom is -0.264 e. The van der Waals surface area contributed by atoms with Gasteiger partial charge in [-0.2, -0.15) is 8.42 Å². The van der Waals surface area contributed by atoms with E-state index in [0.29, 0.717) is 6.42 Å². The zero-order valence-electron chi connectivity index (χ0n) is 15.0. The van der Waals surface area contributed by atoms with Crippen molar-refractivity contribution in [3.05, 3.63) is 12.2 Å². The van der Waals surface area contributed by atoms with Gasteiger partial charge in [-0.25, -0.2) is 4.18 Å². The summed E-state index contributed by atoms with van der Waals surface area (Å²) in [5.41, 5.74) is 0. The van der Waals surface area contributed by atoms with E-state index in [1.54, 1.807) is 6.08 Å². The summed E-state index contributed by atoms with van der Waals surface area (Å²) in [6.07, 6.45) is 18.1. The molecule has 0 rings (SSSR count). The molecule has 1 N–H and O–H groups in total. The molecular formula is C18H36O4S. The molecule has 0 aromatic carbocycles. The lowest BCUT2D eigenvalue weighted by Gasteiger charge is -2.11. The summed E-state index contributed by atoms with van der Waals surface area (Å²) in [6, 6.07) is 0. The minimum atomic E-state index is -4.37. The Balaban J connectivity index is 3.73. The molecule has 0 saturated carbocycles. The SMILES string of the molecule is CCC/C=C/C(CCCCCCCCCCCC)OS(=O)(=O)O. The van der Waals surface area contributed by atoms with E-state index < -0.39 is 16.5 Å². The maximum Gasteiger partial charge on any atom is 0.397 e. The third kappa shape index (κ3) is 17.8. The molecule has 0 heterocycles. The molecule has 0 fully saturated rings. The van der Waals surface area contributed by atoms with Crippen molar-refractivity contribution in [3.8, 4) is 0 Å². The van der Waals surface area contributed by atoms with E-state index in [1.165, 1.54) is 51.4 Å². The Hall–Kier alpha value is -0.390. The molecule has 1 unspecified atom stereocenters. The molecule has 0 aliphatic carbocycles. The highest BCUT2D eigenvalue weighted by molar-refractivity contribution is 7.80. The average molecular weight is 349 g/mol. The van der Waals surface area contributed by atoms with Gasteiger partial charge in [-0.1, -0.05) is 96.6 Å². The fraction of sp³-hybridized carbons (Fsp3) is 0.889. The molecule has 1 atom stereocenters. The summed E-state index contributed by atoms with van der Waals surface area (Å²) < 4.78 is 35.2. The highest BCUT2D eigenvalue weighted by Gasteiger charge is 2.13. The molecule has 0 radical (unpaired) electrons. The predicted molar refractivity (Wildman–Crippen MR) is 96.9 cm³/mol. The molecule has 0 aromatic rings. The summed E-state index contributed by atoms with van der Waals surface area (Å²) >= 11 is 0. The number of hydrogen-bond acceptors (Lipinski definition) is 3. The average Bonchev–Trinajstić information content (AvgIpc) is 2.47. The van der Waals surface area contributed by atoms with Crippen LogP contribution in [0.4, 0.5) is 0 Å². The van der Waals surface area contributed by atoms with E-state index >= 15 is 0 Å². The summed E-state index contributed by atoms with van der Waals surface area (Å²) in [5.74, 6) is 0. The second-order valence-electron chi connectivity index (χ2n) is 6.25. The minimum absolute atomic E-state index is 0.536. The maximum atomic E-state index is 10.9. The van der Waals surface area contributed by atoms with Crippen molar-refractivity contribution in [2.45, 2.75) is 103 Å². The predicted octanol–water partition coefficient (Wildman–Crippen LogP) is 5.84. The summed E-state index contributed by atoms with van der Waals surface area (Å²) in [7, 11) is -4.37. The van der Waals surface area contributed by atoms with Crippen LogP contribution in [0.15, 0.2) is 12.2 Å². The quantitative estimate of drug-likeness (QED) is 0.216. The first-order valence-corrected chi connectivity index (χ1v) is 10.7. The molecule has 0 aliphatic heterocycles. The molecule has 0 spiro atoms. The second-order valence-corrected chi connectivity index (χ2v) is 7.30. The van der Waals surface area contributed by atoms with Crippen LogP contribution in [0.25, 0.3) is 0 Å². The molecule has 4 nitrogen and oxygen atoms in total. The molecule has 23 heavy (non-hydrogen) atoms. The van der Waals surface area contributed by atoms with Crippen LogP contribution in [0, 0.1) is 0 Å². The van der Waals surface area contributed by atoms with Crippen LogP contribution in [-0.2, 0) is 14.6 Å². The first-order valence-electron chi connectivity index (χ1n) is 9.32. The number of rotatable bonds is 16. The Labute approximate surface area is 143 Å². The maximum absolute atomic E-state index is 10.9. The lowest BCUT2D eigenvalue weighted by atomic mass is 10.0. The van der Waals surface area contributed by atoms with Crippen LogP contribution in [0.1, 0.15) is 97.3 Å². The molecule has 0 saturated heterocycles. The zero-order chi connectivity index (χ0) is 17.4. The van der Waals surface area contributed by atoms with E-state index in [0.717, 1.165) is 25.7 Å². The van der Waals surface area contributed by atoms with E-state index in [-0.39, 0.29) is 0 Å². The highest BCUT2D eigenvalue weighted by Crippen LogP contribution is 2.14. The Bertz CT molecular complexity index is 376. The number of hydrogen-bond donors (Lipinski definition) is 1. The number of allylic oxidation sites excluding steroid dienone is 1. The van der Waals surface area contributed by atoms with Crippen LogP contribution >= 0.6 is 0 Å². The fourth-order valence-electron chi connectivity index (χ4n) is 2.58. The third-order valence-electron chi connectivity index (χ3n) is 3.89. The van der Waals surface area contributed by atoms with Gasteiger partial charge in [0.15, 0.2) is 0 Å². The summed E-state index contributed by atoms with van der Waals surface area (Å²) in [5, 5.41) is 0. The molecule has 0 bridgehead atoms. The zero-order valence-corrected chi connectivity index (χ0v) is 15.8. The van der Waals surface area contributed by atoms with Gasteiger partial charge in [0.25, 0.3) is 0 Å². The van der Waals surface area contributed by atoms with Crippen molar-refractivity contribution >= 4 is 10.4 Å². The number of unbranched alkanes of at least 4 members (excludes halogenated alkanes) is 10. The first-order chi connectivity index (χ1) is 11.0. The Morgan fingerprint density at radius 2 is 1.39 bits per heavy atom. The third-order valence-corrected chi connectivity index (χ3v) is 4.38. The summed E-state index contributed by atoms with van der Waals surface area (Å²) in [6.45, 7) is 4.29. The molecule has 0 amide bonds. The van der Waals surface area contributed by atoms with Gasteiger partial charge < -0.3 is 0 Å². The van der Waals surface area contributed by atoms with Gasteiger partial charge in [0.1, 0.15) is 0 Å². The highest BCUT2D eigenvalue weighted by atomic mass is 32.3. The molecule has 5 heteroatoms. The van der Waals surface area contributed by atoms with Crippen LogP contribution in [0.2, 0.25) is 0 Å². The lowest BCUT2D eigenvalue weighted by Crippen LogP contribution is -2.15. The normalized spacial score (nSPS) is 13.7. The molecule has 0 aliphatic rings. The second kappa shape index (κ2) is 15.2. The van der Waals surface area contributed by atoms with Crippen LogP contribution in [0.5, 0.6) is 0 Å². The Kier molecular flexibility index (Phi) is 14.9. The van der Waals surface area contributed by atoms with Crippen LogP contribution in [-0.4, -0.2) is 19.1 Å². The van der Waals surface area contributed by atoms with E-state index in [9.17, 15) is 8.42 Å². The van der Waals surface area contributed by atoms with Crippen molar-refractivity contribution in [2.24, 2.45) is 0 Å². The first kappa shape index (κ1) is 22.6. The van der Waals surface area contributed by atoms with E-state index in [4.69, 9.17) is 8.74 Å².